The molecule has 1 aromatic carbocycles. The Hall–Kier alpha value is -1.35. The molecule has 3 nitrogen and oxygen atoms in total. The van der Waals surface area contributed by atoms with E-state index in [1.54, 1.807) is 0 Å². The molecule has 0 aliphatic heterocycles. The minimum Gasteiger partial charge on any atom is -0.378 e. The predicted molar refractivity (Wildman–Crippen MR) is 79.8 cm³/mol. The summed E-state index contributed by atoms with van der Waals surface area (Å²) in [6.45, 7) is 0.946. The van der Waals surface area contributed by atoms with Gasteiger partial charge in [0, 0.05) is 44.6 Å². The normalized spacial score (nSPS) is 18.4. The predicted octanol–water partition coefficient (Wildman–Crippen LogP) is 2.35. The number of hydrogen-bond donors (Lipinski definition) is 1. The molecule has 1 aliphatic rings. The van der Waals surface area contributed by atoms with Gasteiger partial charge in [-0.3, -0.25) is 4.79 Å². The molecule has 0 amide bonds. The van der Waals surface area contributed by atoms with Crippen LogP contribution in [0.5, 0.6) is 0 Å². The van der Waals surface area contributed by atoms with Crippen LogP contribution in [-0.4, -0.2) is 33.5 Å². The third kappa shape index (κ3) is 2.98. The van der Waals surface area contributed by atoms with E-state index in [2.05, 4.69) is 48.6 Å². The molecule has 2 rings (SSSR count). The van der Waals surface area contributed by atoms with Crippen molar-refractivity contribution in [2.24, 2.45) is 0 Å². The van der Waals surface area contributed by atoms with Crippen molar-refractivity contribution in [1.29, 1.82) is 0 Å². The number of nitrogens with zero attached hydrogens (tertiary/aromatic N) is 1. The van der Waals surface area contributed by atoms with Crippen molar-refractivity contribution < 1.29 is 4.79 Å². The first-order valence-electron chi connectivity index (χ1n) is 7.01. The van der Waals surface area contributed by atoms with E-state index < -0.39 is 0 Å². The van der Waals surface area contributed by atoms with Gasteiger partial charge in [-0.05, 0) is 37.6 Å². The minimum absolute atomic E-state index is 0.132. The Balaban J connectivity index is 2.25. The lowest BCUT2D eigenvalue weighted by atomic mass is 9.69. The van der Waals surface area contributed by atoms with Crippen LogP contribution in [-0.2, 0) is 10.2 Å². The van der Waals surface area contributed by atoms with Crippen molar-refractivity contribution in [3.63, 3.8) is 0 Å². The first kappa shape index (κ1) is 14.1. The van der Waals surface area contributed by atoms with Crippen LogP contribution >= 0.6 is 0 Å². The average molecular weight is 260 g/mol. The van der Waals surface area contributed by atoms with Gasteiger partial charge in [0.25, 0.3) is 0 Å². The fourth-order valence-electron chi connectivity index (χ4n) is 3.03. The average Bonchev–Trinajstić information content (AvgIpc) is 2.42. The first-order valence-corrected chi connectivity index (χ1v) is 7.01. The first-order chi connectivity index (χ1) is 9.07. The molecule has 19 heavy (non-hydrogen) atoms. The summed E-state index contributed by atoms with van der Waals surface area (Å²) in [5.41, 5.74) is 2.71. The highest BCUT2D eigenvalue weighted by atomic mass is 16.1. The molecule has 0 aromatic heterocycles. The number of anilines is 1. The molecule has 1 fully saturated rings. The summed E-state index contributed by atoms with van der Waals surface area (Å²) in [6.07, 6.45) is 3.37. The van der Waals surface area contributed by atoms with Crippen LogP contribution in [0.3, 0.4) is 0 Å². The molecule has 1 aliphatic carbocycles. The highest BCUT2D eigenvalue weighted by Gasteiger charge is 2.35. The number of hydrogen-bond acceptors (Lipinski definition) is 3. The van der Waals surface area contributed by atoms with E-state index in [0.717, 1.165) is 32.2 Å². The highest BCUT2D eigenvalue weighted by molar-refractivity contribution is 5.79. The standard InChI is InChI=1S/C16H24N2O/c1-17-12-16(10-8-15(19)9-11-16)13-4-6-14(7-5-13)18(2)3/h4-7,17H,8-12H2,1-3H3. The summed E-state index contributed by atoms with van der Waals surface area (Å²) in [7, 11) is 6.10. The minimum atomic E-state index is 0.132. The Kier molecular flexibility index (Phi) is 4.25. The maximum absolute atomic E-state index is 11.5. The van der Waals surface area contributed by atoms with Crippen LogP contribution in [0, 0.1) is 0 Å². The third-order valence-electron chi connectivity index (χ3n) is 4.28. The zero-order valence-corrected chi connectivity index (χ0v) is 12.2. The highest BCUT2D eigenvalue weighted by Crippen LogP contribution is 2.38. The summed E-state index contributed by atoms with van der Waals surface area (Å²) in [6, 6.07) is 8.79. The largest absolute Gasteiger partial charge is 0.378 e. The number of nitrogens with one attached hydrogen (secondary N) is 1. The molecular weight excluding hydrogens is 236 g/mol. The Morgan fingerprint density at radius 3 is 2.21 bits per heavy atom. The van der Waals surface area contributed by atoms with Gasteiger partial charge in [0.2, 0.25) is 0 Å². The van der Waals surface area contributed by atoms with Gasteiger partial charge in [-0.15, -0.1) is 0 Å². The zero-order chi connectivity index (χ0) is 13.9. The monoisotopic (exact) mass is 260 g/mol. The molecule has 1 saturated carbocycles. The van der Waals surface area contributed by atoms with E-state index in [1.807, 2.05) is 7.05 Å². The SMILES string of the molecule is CNCC1(c2ccc(N(C)C)cc2)CCC(=O)CC1. The van der Waals surface area contributed by atoms with E-state index >= 15 is 0 Å². The Bertz CT molecular complexity index is 427. The van der Waals surface area contributed by atoms with Gasteiger partial charge in [-0.2, -0.15) is 0 Å². The number of rotatable bonds is 4. The lowest BCUT2D eigenvalue weighted by molar-refractivity contribution is -0.121. The van der Waals surface area contributed by atoms with Gasteiger partial charge >= 0.3 is 0 Å². The maximum atomic E-state index is 11.5. The Morgan fingerprint density at radius 1 is 1.16 bits per heavy atom. The van der Waals surface area contributed by atoms with Crippen LogP contribution in [0.15, 0.2) is 24.3 Å². The number of likely N-dealkylation sites (N-methyl/N-ethyl adjacent to an activating group) is 1. The van der Waals surface area contributed by atoms with E-state index in [1.165, 1.54) is 11.3 Å². The second kappa shape index (κ2) is 5.74. The van der Waals surface area contributed by atoms with Crippen molar-refractivity contribution >= 4 is 11.5 Å². The van der Waals surface area contributed by atoms with Crippen LogP contribution < -0.4 is 10.2 Å². The number of benzene rings is 1. The molecule has 0 bridgehead atoms. The smallest absolute Gasteiger partial charge is 0.132 e. The molecular formula is C16H24N2O. The molecule has 0 atom stereocenters. The number of carbonyl (C=O) groups is 1. The lowest BCUT2D eigenvalue weighted by Crippen LogP contribution is -2.40. The second-order valence-corrected chi connectivity index (χ2v) is 5.79. The third-order valence-corrected chi connectivity index (χ3v) is 4.28. The van der Waals surface area contributed by atoms with Gasteiger partial charge in [0.1, 0.15) is 5.78 Å². The Morgan fingerprint density at radius 2 is 1.74 bits per heavy atom. The number of carbonyl (C=O) groups excluding carboxylic acids is 1. The summed E-state index contributed by atoms with van der Waals surface area (Å²) in [4.78, 5) is 13.6. The molecule has 0 spiro atoms. The maximum Gasteiger partial charge on any atom is 0.132 e. The summed E-state index contributed by atoms with van der Waals surface area (Å²) >= 11 is 0. The fraction of sp³-hybridized carbons (Fsp3) is 0.562. The molecule has 1 aromatic rings. The summed E-state index contributed by atoms with van der Waals surface area (Å²) in [5, 5.41) is 3.31. The lowest BCUT2D eigenvalue weighted by Gasteiger charge is -2.37. The fourth-order valence-corrected chi connectivity index (χ4v) is 3.03. The number of Topliss-reactive ketones (excluding diaryl/α,β-unsaturated/α-hetero) is 1. The van der Waals surface area contributed by atoms with Crippen LogP contribution in [0.4, 0.5) is 5.69 Å². The van der Waals surface area contributed by atoms with E-state index in [-0.39, 0.29) is 5.41 Å². The quantitative estimate of drug-likeness (QED) is 0.902. The van der Waals surface area contributed by atoms with Crippen molar-refractivity contribution in [2.75, 3.05) is 32.6 Å². The van der Waals surface area contributed by atoms with E-state index in [9.17, 15) is 4.79 Å². The molecule has 1 N–H and O–H groups in total. The summed E-state index contributed by atoms with van der Waals surface area (Å²) < 4.78 is 0. The molecule has 0 heterocycles. The Labute approximate surface area is 116 Å². The van der Waals surface area contributed by atoms with Gasteiger partial charge in [0.05, 0.1) is 0 Å². The number of ketones is 1. The van der Waals surface area contributed by atoms with Gasteiger partial charge in [-0.1, -0.05) is 12.1 Å². The van der Waals surface area contributed by atoms with E-state index in [4.69, 9.17) is 0 Å². The van der Waals surface area contributed by atoms with Crippen LogP contribution in [0.25, 0.3) is 0 Å². The van der Waals surface area contributed by atoms with Crippen molar-refractivity contribution in [2.45, 2.75) is 31.1 Å². The molecule has 0 saturated heterocycles. The van der Waals surface area contributed by atoms with Gasteiger partial charge in [-0.25, -0.2) is 0 Å². The molecule has 104 valence electrons. The summed E-state index contributed by atoms with van der Waals surface area (Å²) in [5.74, 6) is 0.414. The zero-order valence-electron chi connectivity index (χ0n) is 12.2. The van der Waals surface area contributed by atoms with Crippen molar-refractivity contribution in [1.82, 2.24) is 5.32 Å². The second-order valence-electron chi connectivity index (χ2n) is 5.79. The van der Waals surface area contributed by atoms with E-state index in [0.29, 0.717) is 5.78 Å². The van der Waals surface area contributed by atoms with Crippen molar-refractivity contribution in [3.8, 4) is 0 Å². The van der Waals surface area contributed by atoms with Gasteiger partial charge in [0.15, 0.2) is 0 Å². The molecule has 3 heteroatoms. The van der Waals surface area contributed by atoms with Crippen LogP contribution in [0.1, 0.15) is 31.2 Å². The van der Waals surface area contributed by atoms with Crippen LogP contribution in [0.2, 0.25) is 0 Å². The van der Waals surface area contributed by atoms with Gasteiger partial charge < -0.3 is 10.2 Å². The molecule has 0 radical (unpaired) electrons. The topological polar surface area (TPSA) is 32.3 Å². The van der Waals surface area contributed by atoms with Crippen molar-refractivity contribution in [3.05, 3.63) is 29.8 Å². The molecule has 0 unspecified atom stereocenters.